The molecule has 3 unspecified atom stereocenters. The van der Waals surface area contributed by atoms with Crippen LogP contribution in [0.2, 0.25) is 0 Å². The molecular weight excluding hydrogens is 264 g/mol. The van der Waals surface area contributed by atoms with Crippen LogP contribution in [0.3, 0.4) is 0 Å². The van der Waals surface area contributed by atoms with Crippen molar-refractivity contribution in [2.24, 2.45) is 17.6 Å². The number of carboxylic acid groups (broad SMARTS) is 2. The molecule has 0 aromatic carbocycles. The molecular formula is C13H24N2O5. The topological polar surface area (TPSA) is 133 Å². The number of carboxylic acids is 2. The predicted octanol–water partition coefficient (Wildman–Crippen LogP) is -0.0225. The van der Waals surface area contributed by atoms with Gasteiger partial charge in [0.15, 0.2) is 0 Å². The van der Waals surface area contributed by atoms with Crippen molar-refractivity contribution in [3.05, 3.63) is 0 Å². The maximum absolute atomic E-state index is 11.1. The Bertz CT molecular complexity index is 337. The first-order valence-electron chi connectivity index (χ1n) is 7.03. The number of aliphatic hydroxyl groups is 1. The van der Waals surface area contributed by atoms with E-state index in [1.165, 1.54) is 0 Å². The molecule has 0 aliphatic heterocycles. The fourth-order valence-electron chi connectivity index (χ4n) is 2.65. The van der Waals surface area contributed by atoms with E-state index in [0.717, 1.165) is 19.3 Å². The minimum atomic E-state index is -1.01. The van der Waals surface area contributed by atoms with Gasteiger partial charge in [-0.2, -0.15) is 0 Å². The second kappa shape index (κ2) is 8.18. The quantitative estimate of drug-likeness (QED) is 0.396. The number of hydrogen-bond acceptors (Lipinski definition) is 5. The van der Waals surface area contributed by atoms with E-state index < -0.39 is 24.2 Å². The Balaban J connectivity index is 2.36. The lowest BCUT2D eigenvalue weighted by atomic mass is 9.79. The van der Waals surface area contributed by atoms with Crippen LogP contribution < -0.4 is 11.1 Å². The van der Waals surface area contributed by atoms with Gasteiger partial charge in [0.1, 0.15) is 6.23 Å². The van der Waals surface area contributed by atoms with Gasteiger partial charge in [0, 0.05) is 19.0 Å². The molecule has 0 aromatic heterocycles. The molecule has 116 valence electrons. The number of nitrogens with two attached hydrogens (primary N) is 1. The minimum Gasteiger partial charge on any atom is -0.481 e. The molecule has 7 nitrogen and oxygen atoms in total. The first kappa shape index (κ1) is 16.9. The van der Waals surface area contributed by atoms with E-state index in [9.17, 15) is 14.7 Å². The van der Waals surface area contributed by atoms with E-state index in [2.05, 4.69) is 5.32 Å². The van der Waals surface area contributed by atoms with Crippen LogP contribution in [0.4, 0.5) is 0 Å². The lowest BCUT2D eigenvalue weighted by Gasteiger charge is -2.30. The molecule has 0 heterocycles. The van der Waals surface area contributed by atoms with Crippen molar-refractivity contribution in [3.63, 3.8) is 0 Å². The van der Waals surface area contributed by atoms with Crippen molar-refractivity contribution in [3.8, 4) is 0 Å². The van der Waals surface area contributed by atoms with Gasteiger partial charge in [-0.15, -0.1) is 0 Å². The highest BCUT2D eigenvalue weighted by atomic mass is 16.4. The number of aliphatic carboxylic acids is 2. The zero-order valence-corrected chi connectivity index (χ0v) is 11.5. The van der Waals surface area contributed by atoms with Gasteiger partial charge in [0.25, 0.3) is 0 Å². The van der Waals surface area contributed by atoms with Crippen molar-refractivity contribution in [1.82, 2.24) is 5.32 Å². The molecule has 0 aromatic rings. The largest absolute Gasteiger partial charge is 0.481 e. The van der Waals surface area contributed by atoms with Crippen LogP contribution in [0.1, 0.15) is 38.5 Å². The minimum absolute atomic E-state index is 0.0115. The number of hydrogen-bond donors (Lipinski definition) is 5. The van der Waals surface area contributed by atoms with E-state index >= 15 is 0 Å². The highest BCUT2D eigenvalue weighted by Crippen LogP contribution is 2.29. The standard InChI is InChI=1S/C13H24N2O5/c14-10(5-6-11(16)17)12(18)15-7-8-3-1-2-4-9(8)13(19)20/h8-10,12,15,18H,1-7,14H2,(H,16,17)(H,19,20)/t8?,9-,10?,12?/m0/s1. The summed E-state index contributed by atoms with van der Waals surface area (Å²) in [6, 6.07) is -0.669. The van der Waals surface area contributed by atoms with E-state index in [1.807, 2.05) is 0 Å². The van der Waals surface area contributed by atoms with Crippen LogP contribution in [0.5, 0.6) is 0 Å². The summed E-state index contributed by atoms with van der Waals surface area (Å²) in [6.07, 6.45) is 2.48. The number of carbonyl (C=O) groups is 2. The molecule has 1 rings (SSSR count). The summed E-state index contributed by atoms with van der Waals surface area (Å²) in [7, 11) is 0. The Labute approximate surface area is 118 Å². The Morgan fingerprint density at radius 3 is 2.50 bits per heavy atom. The second-order valence-electron chi connectivity index (χ2n) is 5.44. The summed E-state index contributed by atoms with van der Waals surface area (Å²) < 4.78 is 0. The lowest BCUT2D eigenvalue weighted by Crippen LogP contribution is -2.48. The SMILES string of the molecule is NC(CCC(=O)O)C(O)NCC1CCCC[C@@H]1C(=O)O. The summed E-state index contributed by atoms with van der Waals surface area (Å²) in [4.78, 5) is 21.6. The van der Waals surface area contributed by atoms with Crippen LogP contribution in [0, 0.1) is 11.8 Å². The average molecular weight is 288 g/mol. The zero-order chi connectivity index (χ0) is 15.1. The van der Waals surface area contributed by atoms with Gasteiger partial charge < -0.3 is 21.1 Å². The third-order valence-electron chi connectivity index (χ3n) is 3.91. The van der Waals surface area contributed by atoms with Gasteiger partial charge in [-0.25, -0.2) is 0 Å². The summed E-state index contributed by atoms with van der Waals surface area (Å²) >= 11 is 0. The molecule has 0 spiro atoms. The summed E-state index contributed by atoms with van der Waals surface area (Å²) in [5.74, 6) is -2.13. The van der Waals surface area contributed by atoms with Crippen molar-refractivity contribution in [2.75, 3.05) is 6.54 Å². The normalized spacial score (nSPS) is 25.9. The fraction of sp³-hybridized carbons (Fsp3) is 0.846. The smallest absolute Gasteiger partial charge is 0.306 e. The van der Waals surface area contributed by atoms with Gasteiger partial charge in [-0.05, 0) is 25.2 Å². The zero-order valence-electron chi connectivity index (χ0n) is 11.5. The highest BCUT2D eigenvalue weighted by molar-refractivity contribution is 5.70. The molecule has 7 heteroatoms. The van der Waals surface area contributed by atoms with Crippen LogP contribution >= 0.6 is 0 Å². The van der Waals surface area contributed by atoms with Crippen LogP contribution in [-0.4, -0.2) is 46.1 Å². The van der Waals surface area contributed by atoms with E-state index in [-0.39, 0.29) is 24.7 Å². The molecule has 0 radical (unpaired) electrons. The summed E-state index contributed by atoms with van der Waals surface area (Å²) in [6.45, 7) is 0.388. The summed E-state index contributed by atoms with van der Waals surface area (Å²) in [5, 5.41) is 30.3. The molecule has 0 saturated heterocycles. The maximum Gasteiger partial charge on any atom is 0.306 e. The molecule has 4 atom stereocenters. The molecule has 1 fully saturated rings. The summed E-state index contributed by atoms with van der Waals surface area (Å²) in [5.41, 5.74) is 5.68. The third-order valence-corrected chi connectivity index (χ3v) is 3.91. The number of rotatable bonds is 8. The first-order valence-corrected chi connectivity index (χ1v) is 7.03. The van der Waals surface area contributed by atoms with Gasteiger partial charge in [-0.3, -0.25) is 14.9 Å². The van der Waals surface area contributed by atoms with E-state index in [0.29, 0.717) is 13.0 Å². The lowest BCUT2D eigenvalue weighted by molar-refractivity contribution is -0.145. The molecule has 0 bridgehead atoms. The number of aliphatic hydroxyl groups excluding tert-OH is 1. The Kier molecular flexibility index (Phi) is 6.90. The highest BCUT2D eigenvalue weighted by Gasteiger charge is 2.31. The van der Waals surface area contributed by atoms with E-state index in [1.54, 1.807) is 0 Å². The molecule has 20 heavy (non-hydrogen) atoms. The number of nitrogens with one attached hydrogen (secondary N) is 1. The Hall–Kier alpha value is -1.18. The van der Waals surface area contributed by atoms with Gasteiger partial charge >= 0.3 is 11.9 Å². The van der Waals surface area contributed by atoms with Crippen molar-refractivity contribution in [2.45, 2.75) is 50.8 Å². The maximum atomic E-state index is 11.1. The van der Waals surface area contributed by atoms with Gasteiger partial charge in [-0.1, -0.05) is 12.8 Å². The third kappa shape index (κ3) is 5.44. The fourth-order valence-corrected chi connectivity index (χ4v) is 2.65. The Morgan fingerprint density at radius 1 is 1.25 bits per heavy atom. The van der Waals surface area contributed by atoms with Crippen LogP contribution in [0.25, 0.3) is 0 Å². The monoisotopic (exact) mass is 288 g/mol. The molecule has 0 amide bonds. The Morgan fingerprint density at radius 2 is 1.90 bits per heavy atom. The molecule has 6 N–H and O–H groups in total. The average Bonchev–Trinajstić information content (AvgIpc) is 2.42. The van der Waals surface area contributed by atoms with Crippen LogP contribution in [0.15, 0.2) is 0 Å². The van der Waals surface area contributed by atoms with Crippen molar-refractivity contribution in [1.29, 1.82) is 0 Å². The second-order valence-corrected chi connectivity index (χ2v) is 5.44. The molecule has 1 saturated carbocycles. The van der Waals surface area contributed by atoms with E-state index in [4.69, 9.17) is 15.9 Å². The van der Waals surface area contributed by atoms with Gasteiger partial charge in [0.05, 0.1) is 5.92 Å². The van der Waals surface area contributed by atoms with Crippen molar-refractivity contribution >= 4 is 11.9 Å². The molecule has 1 aliphatic rings. The van der Waals surface area contributed by atoms with Crippen molar-refractivity contribution < 1.29 is 24.9 Å². The van der Waals surface area contributed by atoms with Crippen LogP contribution in [-0.2, 0) is 9.59 Å². The first-order chi connectivity index (χ1) is 9.41. The predicted molar refractivity (Wildman–Crippen MR) is 71.9 cm³/mol. The van der Waals surface area contributed by atoms with Gasteiger partial charge in [0.2, 0.25) is 0 Å². The molecule has 1 aliphatic carbocycles.